The number of carbonyl (C=O) groups is 2. The molecule has 0 aromatic heterocycles. The molecule has 5 heteroatoms. The van der Waals surface area contributed by atoms with Crippen LogP contribution in [0.1, 0.15) is 51.9 Å². The van der Waals surface area contributed by atoms with Gasteiger partial charge in [-0.2, -0.15) is 0 Å². The highest BCUT2D eigenvalue weighted by atomic mass is 16.5. The van der Waals surface area contributed by atoms with Gasteiger partial charge in [0.25, 0.3) is 5.91 Å². The molecule has 1 N–H and O–H groups in total. The van der Waals surface area contributed by atoms with E-state index in [1.54, 1.807) is 0 Å². The summed E-state index contributed by atoms with van der Waals surface area (Å²) >= 11 is 0. The number of nitrogens with zero attached hydrogens (tertiary/aromatic N) is 1. The number of carbonyl (C=O) groups excluding carboxylic acids is 2. The Morgan fingerprint density at radius 3 is 2.68 bits per heavy atom. The summed E-state index contributed by atoms with van der Waals surface area (Å²) in [4.78, 5) is 26.0. The molecule has 1 aliphatic rings. The molecule has 0 radical (unpaired) electrons. The summed E-state index contributed by atoms with van der Waals surface area (Å²) in [5, 5.41) is 9.48. The molecule has 0 bridgehead atoms. The first-order valence-corrected chi connectivity index (χ1v) is 6.81. The van der Waals surface area contributed by atoms with E-state index in [1.807, 2.05) is 0 Å². The first-order chi connectivity index (χ1) is 9.15. The second kappa shape index (κ2) is 8.45. The summed E-state index contributed by atoms with van der Waals surface area (Å²) in [6, 6.07) is 0. The minimum atomic E-state index is -0.609. The number of aliphatic hydroxyl groups excluding tert-OH is 1. The molecule has 0 aromatic carbocycles. The van der Waals surface area contributed by atoms with Crippen LogP contribution in [-0.4, -0.2) is 29.8 Å². The van der Waals surface area contributed by atoms with Crippen LogP contribution in [0.2, 0.25) is 0 Å². The van der Waals surface area contributed by atoms with Gasteiger partial charge in [-0.1, -0.05) is 39.0 Å². The van der Waals surface area contributed by atoms with Gasteiger partial charge in [0, 0.05) is 6.21 Å². The van der Waals surface area contributed by atoms with Crippen molar-refractivity contribution in [1.82, 2.24) is 0 Å². The normalized spacial score (nSPS) is 14.9. The molecular formula is C14H21NO4. The number of hydrogen-bond acceptors (Lipinski definition) is 4. The summed E-state index contributed by atoms with van der Waals surface area (Å²) in [6.45, 7) is 2.50. The van der Waals surface area contributed by atoms with Crippen molar-refractivity contribution < 1.29 is 19.4 Å². The van der Waals surface area contributed by atoms with Gasteiger partial charge in [-0.3, -0.25) is 4.79 Å². The van der Waals surface area contributed by atoms with Gasteiger partial charge < -0.3 is 9.84 Å². The molecule has 0 aromatic rings. The summed E-state index contributed by atoms with van der Waals surface area (Å²) in [6.07, 6.45) is 7.51. The Morgan fingerprint density at radius 2 is 2.00 bits per heavy atom. The largest absolute Gasteiger partial charge is 0.511 e. The standard InChI is InChI=1S/C14H21NO4/c1-2-3-4-5-6-7-8-19-14(18)11-10-15-13(17)9-12(11)16/h10,16H,2-9H2,1H3. The minimum absolute atomic E-state index is 0.00872. The zero-order valence-electron chi connectivity index (χ0n) is 11.4. The third kappa shape index (κ3) is 5.68. The smallest absolute Gasteiger partial charge is 0.343 e. The highest BCUT2D eigenvalue weighted by molar-refractivity contribution is 6.14. The van der Waals surface area contributed by atoms with Gasteiger partial charge in [0.15, 0.2) is 0 Å². The lowest BCUT2D eigenvalue weighted by atomic mass is 10.1. The molecule has 0 atom stereocenters. The Kier molecular flexibility index (Phi) is 6.85. The number of unbranched alkanes of at least 4 members (excludes halogenated alkanes) is 5. The average Bonchev–Trinajstić information content (AvgIpc) is 2.37. The lowest BCUT2D eigenvalue weighted by Gasteiger charge is -2.09. The summed E-state index contributed by atoms with van der Waals surface area (Å²) in [7, 11) is 0. The molecule has 0 spiro atoms. The highest BCUT2D eigenvalue weighted by Gasteiger charge is 2.20. The van der Waals surface area contributed by atoms with Crippen molar-refractivity contribution in [2.45, 2.75) is 51.9 Å². The maximum Gasteiger partial charge on any atom is 0.343 e. The summed E-state index contributed by atoms with van der Waals surface area (Å²) < 4.78 is 5.03. The monoisotopic (exact) mass is 267 g/mol. The summed E-state index contributed by atoms with van der Waals surface area (Å²) in [5.41, 5.74) is -0.00872. The molecule has 0 aliphatic carbocycles. The van der Waals surface area contributed by atoms with Crippen LogP contribution in [0.4, 0.5) is 0 Å². The molecular weight excluding hydrogens is 246 g/mol. The van der Waals surface area contributed by atoms with Crippen LogP contribution in [0.15, 0.2) is 16.3 Å². The van der Waals surface area contributed by atoms with E-state index in [0.717, 1.165) is 25.5 Å². The van der Waals surface area contributed by atoms with Crippen LogP contribution in [-0.2, 0) is 14.3 Å². The SMILES string of the molecule is CCCCCCCCOC(=O)C1=C(O)CC(=O)N=C1. The van der Waals surface area contributed by atoms with Gasteiger partial charge in [0.1, 0.15) is 11.3 Å². The van der Waals surface area contributed by atoms with Crippen molar-refractivity contribution in [3.63, 3.8) is 0 Å². The number of ether oxygens (including phenoxy) is 1. The first kappa shape index (κ1) is 15.4. The van der Waals surface area contributed by atoms with Gasteiger partial charge in [-0.15, -0.1) is 0 Å². The zero-order chi connectivity index (χ0) is 14.1. The van der Waals surface area contributed by atoms with Crippen LogP contribution in [0.25, 0.3) is 0 Å². The third-order valence-corrected chi connectivity index (χ3v) is 2.92. The maximum atomic E-state index is 11.6. The van der Waals surface area contributed by atoms with E-state index in [-0.39, 0.29) is 17.8 Å². The van der Waals surface area contributed by atoms with Gasteiger partial charge in [-0.05, 0) is 6.42 Å². The first-order valence-electron chi connectivity index (χ1n) is 6.81. The van der Waals surface area contributed by atoms with Crippen molar-refractivity contribution >= 4 is 18.1 Å². The predicted molar refractivity (Wildman–Crippen MR) is 72.1 cm³/mol. The van der Waals surface area contributed by atoms with E-state index < -0.39 is 11.9 Å². The Labute approximate surface area is 113 Å². The molecule has 5 nitrogen and oxygen atoms in total. The van der Waals surface area contributed by atoms with Crippen LogP contribution in [0.3, 0.4) is 0 Å². The molecule has 0 saturated heterocycles. The fourth-order valence-corrected chi connectivity index (χ4v) is 1.79. The number of rotatable bonds is 8. The lowest BCUT2D eigenvalue weighted by molar-refractivity contribution is -0.138. The second-order valence-corrected chi connectivity index (χ2v) is 4.59. The predicted octanol–water partition coefficient (Wildman–Crippen LogP) is 2.70. The number of hydrogen-bond donors (Lipinski definition) is 1. The molecule has 1 amide bonds. The van der Waals surface area contributed by atoms with E-state index >= 15 is 0 Å². The molecule has 1 aliphatic heterocycles. The van der Waals surface area contributed by atoms with Gasteiger partial charge in [-0.25, -0.2) is 9.79 Å². The molecule has 0 fully saturated rings. The molecule has 106 valence electrons. The van der Waals surface area contributed by atoms with Crippen LogP contribution in [0, 0.1) is 0 Å². The number of dihydropyridines is 1. The van der Waals surface area contributed by atoms with Crippen molar-refractivity contribution in [1.29, 1.82) is 0 Å². The Bertz CT molecular complexity index is 385. The van der Waals surface area contributed by atoms with E-state index in [0.29, 0.717) is 6.61 Å². The van der Waals surface area contributed by atoms with Gasteiger partial charge in [0.05, 0.1) is 13.0 Å². The second-order valence-electron chi connectivity index (χ2n) is 4.59. The van der Waals surface area contributed by atoms with Crippen LogP contribution < -0.4 is 0 Å². The Morgan fingerprint density at radius 1 is 1.32 bits per heavy atom. The average molecular weight is 267 g/mol. The topological polar surface area (TPSA) is 76.0 Å². The minimum Gasteiger partial charge on any atom is -0.511 e. The quantitative estimate of drug-likeness (QED) is 0.542. The van der Waals surface area contributed by atoms with Crippen LogP contribution >= 0.6 is 0 Å². The number of amides is 1. The molecule has 1 heterocycles. The molecule has 1 rings (SSSR count). The Hall–Kier alpha value is -1.65. The maximum absolute atomic E-state index is 11.6. The number of esters is 1. The lowest BCUT2D eigenvalue weighted by Crippen LogP contribution is -2.17. The van der Waals surface area contributed by atoms with Crippen molar-refractivity contribution in [2.75, 3.05) is 6.61 Å². The Balaban J connectivity index is 2.20. The molecule has 0 saturated carbocycles. The van der Waals surface area contributed by atoms with Crippen molar-refractivity contribution in [3.8, 4) is 0 Å². The number of aliphatic imine (C=N–C) groups is 1. The summed E-state index contributed by atoms with van der Waals surface area (Å²) in [5.74, 6) is -1.32. The van der Waals surface area contributed by atoms with E-state index in [1.165, 1.54) is 19.3 Å². The zero-order valence-corrected chi connectivity index (χ0v) is 11.4. The third-order valence-electron chi connectivity index (χ3n) is 2.92. The van der Waals surface area contributed by atoms with Crippen LogP contribution in [0.5, 0.6) is 0 Å². The van der Waals surface area contributed by atoms with Gasteiger partial charge >= 0.3 is 5.97 Å². The van der Waals surface area contributed by atoms with E-state index in [9.17, 15) is 14.7 Å². The fourth-order valence-electron chi connectivity index (χ4n) is 1.79. The highest BCUT2D eigenvalue weighted by Crippen LogP contribution is 2.12. The molecule has 0 unspecified atom stereocenters. The van der Waals surface area contributed by atoms with Crippen molar-refractivity contribution in [2.24, 2.45) is 4.99 Å². The fraction of sp³-hybridized carbons (Fsp3) is 0.643. The van der Waals surface area contributed by atoms with Crippen molar-refractivity contribution in [3.05, 3.63) is 11.3 Å². The number of aliphatic hydroxyl groups is 1. The van der Waals surface area contributed by atoms with E-state index in [2.05, 4.69) is 11.9 Å². The van der Waals surface area contributed by atoms with E-state index in [4.69, 9.17) is 4.74 Å². The molecule has 19 heavy (non-hydrogen) atoms. The van der Waals surface area contributed by atoms with Gasteiger partial charge in [0.2, 0.25) is 0 Å².